The molecule has 0 saturated carbocycles. The highest BCUT2D eigenvalue weighted by atomic mass is 79.9. The molecule has 0 amide bonds. The molecule has 1 aromatic carbocycles. The first-order valence-corrected chi connectivity index (χ1v) is 7.41. The quantitative estimate of drug-likeness (QED) is 0.923. The summed E-state index contributed by atoms with van der Waals surface area (Å²) in [4.78, 5) is 15.9. The smallest absolute Gasteiger partial charge is 0.337 e. The molecular formula is C14H19BrN2O2. The van der Waals surface area contributed by atoms with Crippen molar-refractivity contribution in [2.24, 2.45) is 0 Å². The van der Waals surface area contributed by atoms with Crippen LogP contribution in [-0.2, 0) is 0 Å². The highest BCUT2D eigenvalue weighted by molar-refractivity contribution is 9.10. The van der Waals surface area contributed by atoms with Crippen molar-refractivity contribution in [3.63, 3.8) is 0 Å². The van der Waals surface area contributed by atoms with Gasteiger partial charge in [-0.15, -0.1) is 0 Å². The molecule has 1 fully saturated rings. The van der Waals surface area contributed by atoms with Crippen LogP contribution in [0.2, 0.25) is 0 Å². The van der Waals surface area contributed by atoms with E-state index in [0.717, 1.165) is 42.9 Å². The Balaban J connectivity index is 2.13. The van der Waals surface area contributed by atoms with Crippen molar-refractivity contribution in [3.05, 3.63) is 28.2 Å². The molecule has 1 aliphatic rings. The Morgan fingerprint density at radius 2 is 2.00 bits per heavy atom. The molecule has 19 heavy (non-hydrogen) atoms. The number of aromatic carboxylic acids is 1. The van der Waals surface area contributed by atoms with Crippen LogP contribution in [0.5, 0.6) is 0 Å². The van der Waals surface area contributed by atoms with Crippen molar-refractivity contribution in [2.75, 3.05) is 37.6 Å². The van der Waals surface area contributed by atoms with Gasteiger partial charge in [-0.2, -0.15) is 0 Å². The zero-order valence-corrected chi connectivity index (χ0v) is 12.7. The fourth-order valence-corrected chi connectivity index (χ4v) is 2.85. The van der Waals surface area contributed by atoms with E-state index in [0.29, 0.717) is 5.56 Å². The van der Waals surface area contributed by atoms with Crippen LogP contribution in [0.25, 0.3) is 0 Å². The van der Waals surface area contributed by atoms with E-state index in [9.17, 15) is 9.90 Å². The first kappa shape index (κ1) is 14.3. The predicted molar refractivity (Wildman–Crippen MR) is 80.0 cm³/mol. The van der Waals surface area contributed by atoms with Crippen molar-refractivity contribution in [2.45, 2.75) is 13.3 Å². The number of benzene rings is 1. The van der Waals surface area contributed by atoms with Gasteiger partial charge >= 0.3 is 5.97 Å². The number of hydrogen-bond acceptors (Lipinski definition) is 3. The van der Waals surface area contributed by atoms with Gasteiger partial charge in [-0.05, 0) is 31.2 Å². The number of anilines is 1. The molecule has 4 nitrogen and oxygen atoms in total. The van der Waals surface area contributed by atoms with Crippen molar-refractivity contribution < 1.29 is 9.90 Å². The van der Waals surface area contributed by atoms with E-state index < -0.39 is 5.97 Å². The summed E-state index contributed by atoms with van der Waals surface area (Å²) in [5, 5.41) is 9.30. The van der Waals surface area contributed by atoms with Gasteiger partial charge in [-0.3, -0.25) is 4.90 Å². The van der Waals surface area contributed by atoms with Crippen molar-refractivity contribution in [1.29, 1.82) is 0 Å². The Morgan fingerprint density at radius 1 is 1.32 bits per heavy atom. The van der Waals surface area contributed by atoms with Crippen LogP contribution in [0.4, 0.5) is 5.69 Å². The van der Waals surface area contributed by atoms with Crippen LogP contribution in [0.15, 0.2) is 22.7 Å². The van der Waals surface area contributed by atoms with E-state index in [4.69, 9.17) is 0 Å². The SMILES string of the molecule is CCCN1CCN(c2ccc(Br)cc2C(=O)O)CC1. The molecule has 1 N–H and O–H groups in total. The van der Waals surface area contributed by atoms with Crippen LogP contribution >= 0.6 is 15.9 Å². The molecule has 1 saturated heterocycles. The van der Waals surface area contributed by atoms with Gasteiger partial charge in [0.05, 0.1) is 11.3 Å². The largest absolute Gasteiger partial charge is 0.478 e. The van der Waals surface area contributed by atoms with Crippen LogP contribution in [-0.4, -0.2) is 48.7 Å². The first-order valence-electron chi connectivity index (χ1n) is 6.62. The lowest BCUT2D eigenvalue weighted by Gasteiger charge is -2.36. The van der Waals surface area contributed by atoms with Gasteiger partial charge < -0.3 is 10.0 Å². The maximum Gasteiger partial charge on any atom is 0.337 e. The number of rotatable bonds is 4. The lowest BCUT2D eigenvalue weighted by molar-refractivity contribution is 0.0697. The van der Waals surface area contributed by atoms with E-state index in [1.165, 1.54) is 6.42 Å². The van der Waals surface area contributed by atoms with E-state index >= 15 is 0 Å². The van der Waals surface area contributed by atoms with E-state index in [1.54, 1.807) is 6.07 Å². The lowest BCUT2D eigenvalue weighted by Crippen LogP contribution is -2.46. The van der Waals surface area contributed by atoms with Crippen LogP contribution in [0.3, 0.4) is 0 Å². The highest BCUT2D eigenvalue weighted by Gasteiger charge is 2.21. The molecule has 104 valence electrons. The molecule has 1 aromatic rings. The zero-order valence-electron chi connectivity index (χ0n) is 11.1. The molecule has 0 unspecified atom stereocenters. The summed E-state index contributed by atoms with van der Waals surface area (Å²) in [5.74, 6) is -0.868. The van der Waals surface area contributed by atoms with Gasteiger partial charge in [0.15, 0.2) is 0 Å². The van der Waals surface area contributed by atoms with Gasteiger partial charge in [0, 0.05) is 30.7 Å². The molecule has 5 heteroatoms. The molecule has 1 heterocycles. The second kappa shape index (κ2) is 6.39. The number of hydrogen-bond donors (Lipinski definition) is 1. The molecule has 1 aliphatic heterocycles. The molecule has 0 radical (unpaired) electrons. The predicted octanol–water partition coefficient (Wildman–Crippen LogP) is 2.68. The molecular weight excluding hydrogens is 308 g/mol. The number of piperazine rings is 1. The van der Waals surface area contributed by atoms with Crippen molar-refractivity contribution >= 4 is 27.6 Å². The van der Waals surface area contributed by atoms with Gasteiger partial charge in [0.25, 0.3) is 0 Å². The molecule has 0 spiro atoms. The average Bonchev–Trinajstić information content (AvgIpc) is 2.40. The van der Waals surface area contributed by atoms with E-state index in [1.807, 2.05) is 12.1 Å². The van der Waals surface area contributed by atoms with Crippen molar-refractivity contribution in [1.82, 2.24) is 4.90 Å². The van der Waals surface area contributed by atoms with Crippen molar-refractivity contribution in [3.8, 4) is 0 Å². The standard InChI is InChI=1S/C14H19BrN2O2/c1-2-5-16-6-8-17(9-7-16)13-4-3-11(15)10-12(13)14(18)19/h3-4,10H,2,5-9H2,1H3,(H,18,19). The van der Waals surface area contributed by atoms with Gasteiger partial charge in [0.2, 0.25) is 0 Å². The second-order valence-electron chi connectivity index (χ2n) is 4.80. The highest BCUT2D eigenvalue weighted by Crippen LogP contribution is 2.25. The molecule has 0 bridgehead atoms. The Hall–Kier alpha value is -1.07. The lowest BCUT2D eigenvalue weighted by atomic mass is 10.1. The summed E-state index contributed by atoms with van der Waals surface area (Å²) in [6, 6.07) is 5.47. The van der Waals surface area contributed by atoms with Gasteiger partial charge in [0.1, 0.15) is 0 Å². The van der Waals surface area contributed by atoms with Crippen LogP contribution in [0, 0.1) is 0 Å². The number of halogens is 1. The minimum atomic E-state index is -0.868. The summed E-state index contributed by atoms with van der Waals surface area (Å²) in [6.45, 7) is 7.10. The van der Waals surface area contributed by atoms with Gasteiger partial charge in [-0.25, -0.2) is 4.79 Å². The minimum absolute atomic E-state index is 0.373. The third-order valence-electron chi connectivity index (χ3n) is 3.44. The maximum atomic E-state index is 11.3. The van der Waals surface area contributed by atoms with E-state index in [-0.39, 0.29) is 0 Å². The summed E-state index contributed by atoms with van der Waals surface area (Å²) >= 11 is 3.33. The second-order valence-corrected chi connectivity index (χ2v) is 5.71. The number of carbonyl (C=O) groups is 1. The van der Waals surface area contributed by atoms with E-state index in [2.05, 4.69) is 32.7 Å². The monoisotopic (exact) mass is 326 g/mol. The summed E-state index contributed by atoms with van der Waals surface area (Å²) in [5.41, 5.74) is 1.20. The number of carboxylic acid groups (broad SMARTS) is 1. The summed E-state index contributed by atoms with van der Waals surface area (Å²) in [7, 11) is 0. The third kappa shape index (κ3) is 3.48. The maximum absolute atomic E-state index is 11.3. The van der Waals surface area contributed by atoms with Crippen LogP contribution < -0.4 is 4.90 Å². The molecule has 0 atom stereocenters. The fourth-order valence-electron chi connectivity index (χ4n) is 2.48. The fraction of sp³-hybridized carbons (Fsp3) is 0.500. The zero-order chi connectivity index (χ0) is 13.8. The Labute approximate surface area is 122 Å². The molecule has 0 aromatic heterocycles. The summed E-state index contributed by atoms with van der Waals surface area (Å²) in [6.07, 6.45) is 1.17. The topological polar surface area (TPSA) is 43.8 Å². The third-order valence-corrected chi connectivity index (χ3v) is 3.94. The molecule has 0 aliphatic carbocycles. The number of carboxylic acids is 1. The first-order chi connectivity index (χ1) is 9.11. The van der Waals surface area contributed by atoms with Gasteiger partial charge in [-0.1, -0.05) is 22.9 Å². The van der Waals surface area contributed by atoms with Crippen LogP contribution in [0.1, 0.15) is 23.7 Å². The minimum Gasteiger partial charge on any atom is -0.478 e. The summed E-state index contributed by atoms with van der Waals surface area (Å²) < 4.78 is 0.804. The number of nitrogens with zero attached hydrogens (tertiary/aromatic N) is 2. The Bertz CT molecular complexity index is 457. The molecule has 2 rings (SSSR count). The Kier molecular flexibility index (Phi) is 4.82. The average molecular weight is 327 g/mol. The normalized spacial score (nSPS) is 16.6. The Morgan fingerprint density at radius 3 is 2.58 bits per heavy atom.